The van der Waals surface area contributed by atoms with Gasteiger partial charge in [-0.1, -0.05) is 54.5 Å². The molecule has 0 spiro atoms. The number of carbonyl (C=O) groups is 10. The van der Waals surface area contributed by atoms with E-state index in [-0.39, 0.29) is 101 Å². The van der Waals surface area contributed by atoms with E-state index in [0.29, 0.717) is 23.8 Å². The number of hydrogen-bond donors (Lipinski definition) is 6. The van der Waals surface area contributed by atoms with Crippen LogP contribution >= 0.6 is 0 Å². The molecule has 5 rings (SSSR count). The first-order chi connectivity index (χ1) is 45.4. The molecular formula is C64H91N7O25. The van der Waals surface area contributed by atoms with Crippen LogP contribution in [0.3, 0.4) is 0 Å². The van der Waals surface area contributed by atoms with E-state index in [1.54, 1.807) is 41.5 Å². The van der Waals surface area contributed by atoms with Crippen molar-refractivity contribution in [2.45, 2.75) is 143 Å². The smallest absolute Gasteiger partial charge is 0.338 e. The van der Waals surface area contributed by atoms with Gasteiger partial charge >= 0.3 is 53.0 Å². The third kappa shape index (κ3) is 21.2. The Bertz CT molecular complexity index is 3360. The van der Waals surface area contributed by atoms with E-state index in [1.807, 2.05) is 6.92 Å². The standard InChI is InChI=1S/C24H32N2O9.C22H27N3O9.C18H32N2O7/c1-5-17(27)13-34-19(29)15-8-10-16(11-9-15)20(30)35-14-18(28)12-26-22(32)24(6-2,7-3)21(31)25(4)23(26)33;1-4-10-24-20(30)23(3)21(31)25(22(24)32)11-17(27)13-34-19(29)15-8-6-14(7-9-15)18(28)33-12-16(26)5-2;1-5-13(21)11-26-8-9-27-12-14(22)10-20-16(24)18(6-2,7-3)15(23)19(4)17(20)25/h8-11,17-18,27-28H,5-7,12-14H2,1-4H3;4,6-9,16-17,26-27H,1,5,10-13H2,2-3H3;13-14,21-22H,5-12H2,1-4H3. The molecule has 6 unspecified atom stereocenters. The molecule has 0 saturated carbocycles. The van der Waals surface area contributed by atoms with E-state index in [9.17, 15) is 93.0 Å². The fourth-order valence-electron chi connectivity index (χ4n) is 9.48. The van der Waals surface area contributed by atoms with Crippen LogP contribution in [-0.2, 0) is 67.7 Å². The van der Waals surface area contributed by atoms with Crippen LogP contribution in [-0.4, -0.2) is 240 Å². The molecule has 2 aromatic carbocycles. The maximum Gasteiger partial charge on any atom is 0.338 e. The lowest BCUT2D eigenvalue weighted by Crippen LogP contribution is -2.65. The van der Waals surface area contributed by atoms with Gasteiger partial charge in [0.2, 0.25) is 23.6 Å². The van der Waals surface area contributed by atoms with Crippen molar-refractivity contribution in [1.29, 1.82) is 0 Å². The Kier molecular flexibility index (Phi) is 33.0. The quantitative estimate of drug-likeness (QED) is 0.0158. The zero-order valence-electron chi connectivity index (χ0n) is 55.9. The molecule has 32 heteroatoms. The van der Waals surface area contributed by atoms with E-state index in [4.69, 9.17) is 28.4 Å². The predicted molar refractivity (Wildman–Crippen MR) is 339 cm³/mol. The molecule has 2 fully saturated rings. The van der Waals surface area contributed by atoms with Crippen LogP contribution in [0.25, 0.3) is 0 Å². The largest absolute Gasteiger partial charge is 0.459 e. The molecule has 6 N–H and O–H groups in total. The number of rotatable bonds is 34. The van der Waals surface area contributed by atoms with Gasteiger partial charge in [0.25, 0.3) is 0 Å². The molecule has 0 aliphatic carbocycles. The highest BCUT2D eigenvalue weighted by Gasteiger charge is 2.55. The molecule has 532 valence electrons. The van der Waals surface area contributed by atoms with E-state index in [0.717, 1.165) is 28.7 Å². The number of amides is 8. The fraction of sp³-hybridized carbons (Fsp3) is 0.578. The summed E-state index contributed by atoms with van der Waals surface area (Å²) in [5, 5.41) is 58.9. The van der Waals surface area contributed by atoms with Crippen LogP contribution in [0.15, 0.2) is 75.6 Å². The molecule has 2 aliphatic rings. The van der Waals surface area contributed by atoms with Gasteiger partial charge in [0.1, 0.15) is 49.5 Å². The summed E-state index contributed by atoms with van der Waals surface area (Å²) in [4.78, 5) is 164. The molecular weight excluding hydrogens is 1270 g/mol. The number of barbiturate groups is 2. The number of urea groups is 2. The third-order valence-corrected chi connectivity index (χ3v) is 15.9. The number of aliphatic hydroxyl groups is 6. The summed E-state index contributed by atoms with van der Waals surface area (Å²) >= 11 is 0. The van der Waals surface area contributed by atoms with Gasteiger partial charge in [-0.3, -0.25) is 38.8 Å². The number of nitrogens with zero attached hydrogens (tertiary/aromatic N) is 7. The Morgan fingerprint density at radius 1 is 0.417 bits per heavy atom. The number of allylic oxidation sites excluding steroid dienone is 1. The predicted octanol–water partition coefficient (Wildman–Crippen LogP) is 0.778. The van der Waals surface area contributed by atoms with Gasteiger partial charge in [0.05, 0.1) is 99.3 Å². The number of imide groups is 4. The van der Waals surface area contributed by atoms with Crippen molar-refractivity contribution in [3.05, 3.63) is 115 Å². The van der Waals surface area contributed by atoms with Crippen molar-refractivity contribution >= 4 is 59.6 Å². The number of β-amino-alcohol motifs (C(OH)–C–C–N with tert-alkyl or cyclic N) is 2. The van der Waals surface area contributed by atoms with E-state index < -0.39 is 150 Å². The minimum absolute atomic E-state index is 0.0837. The molecule has 32 nitrogen and oxygen atoms in total. The summed E-state index contributed by atoms with van der Waals surface area (Å²) in [6, 6.07) is 9.17. The Balaban J connectivity index is 0.000000379. The zero-order valence-corrected chi connectivity index (χ0v) is 55.9. The second kappa shape index (κ2) is 38.8. The minimum Gasteiger partial charge on any atom is -0.459 e. The van der Waals surface area contributed by atoms with E-state index in [1.165, 1.54) is 75.7 Å². The van der Waals surface area contributed by atoms with Gasteiger partial charge in [-0.2, -0.15) is 0 Å². The number of esters is 4. The lowest BCUT2D eigenvalue weighted by Gasteiger charge is -2.42. The molecule has 0 bridgehead atoms. The first-order valence-electron chi connectivity index (χ1n) is 31.3. The van der Waals surface area contributed by atoms with Crippen molar-refractivity contribution in [2.75, 3.05) is 80.0 Å². The zero-order chi connectivity index (χ0) is 72.4. The Hall–Kier alpha value is -8.63. The van der Waals surface area contributed by atoms with Crippen LogP contribution in [0.5, 0.6) is 0 Å². The summed E-state index contributed by atoms with van der Waals surface area (Å²) in [6.07, 6.45) is -2.14. The fourth-order valence-corrected chi connectivity index (χ4v) is 9.48. The SMILES string of the molecule is C=CCn1c(=O)n(C)c(=O)n(CC(O)COC(=O)c2ccc(C(=O)OCC(O)CC)cc2)c1=O.CCC(O)COC(=O)c1ccc(C(=O)OCC(O)CN2C(=O)N(C)C(=O)C(CC)(CC)C2=O)cc1.CCC(O)COCCOCC(O)CN1C(=O)N(C)C(=O)C(CC)(CC)C1=O. The first-order valence-corrected chi connectivity index (χ1v) is 31.3. The highest BCUT2D eigenvalue weighted by Crippen LogP contribution is 2.37. The summed E-state index contributed by atoms with van der Waals surface area (Å²) in [7, 11) is 3.81. The minimum atomic E-state index is -1.41. The van der Waals surface area contributed by atoms with Crippen molar-refractivity contribution in [2.24, 2.45) is 17.9 Å². The van der Waals surface area contributed by atoms with Gasteiger partial charge in [0.15, 0.2) is 0 Å². The number of aromatic nitrogens is 3. The average molecular weight is 1360 g/mol. The van der Waals surface area contributed by atoms with Crippen LogP contribution in [0.2, 0.25) is 0 Å². The lowest BCUT2D eigenvalue weighted by molar-refractivity contribution is -0.161. The highest BCUT2D eigenvalue weighted by molar-refractivity contribution is 6.19. The second-order valence-electron chi connectivity index (χ2n) is 22.5. The molecule has 2 aliphatic heterocycles. The summed E-state index contributed by atoms with van der Waals surface area (Å²) in [6.45, 7) is 13.6. The molecule has 0 radical (unpaired) electrons. The average Bonchev–Trinajstić information content (AvgIpc) is 0.763. The Morgan fingerprint density at radius 3 is 1.01 bits per heavy atom. The van der Waals surface area contributed by atoms with Gasteiger partial charge in [-0.05, 0) is 93.5 Å². The first kappa shape index (κ1) is 81.6. The van der Waals surface area contributed by atoms with Crippen LogP contribution in [0.4, 0.5) is 9.59 Å². The van der Waals surface area contributed by atoms with Crippen LogP contribution < -0.4 is 17.1 Å². The van der Waals surface area contributed by atoms with Crippen LogP contribution in [0.1, 0.15) is 135 Å². The molecule has 8 amide bonds. The molecule has 2 saturated heterocycles. The van der Waals surface area contributed by atoms with Gasteiger partial charge in [-0.15, -0.1) is 6.58 Å². The number of ether oxygens (including phenoxy) is 6. The molecule has 96 heavy (non-hydrogen) atoms. The second-order valence-corrected chi connectivity index (χ2v) is 22.5. The van der Waals surface area contributed by atoms with Crippen LogP contribution in [0, 0.1) is 10.8 Å². The highest BCUT2D eigenvalue weighted by atomic mass is 16.6. The van der Waals surface area contributed by atoms with Crippen molar-refractivity contribution < 1.29 is 107 Å². The number of benzene rings is 2. The summed E-state index contributed by atoms with van der Waals surface area (Å²) in [5.41, 5.74) is -4.76. The van der Waals surface area contributed by atoms with E-state index >= 15 is 0 Å². The lowest BCUT2D eigenvalue weighted by atomic mass is 9.78. The van der Waals surface area contributed by atoms with Gasteiger partial charge in [-0.25, -0.2) is 56.9 Å². The Labute approximate surface area is 554 Å². The molecule has 6 atom stereocenters. The monoisotopic (exact) mass is 1360 g/mol. The van der Waals surface area contributed by atoms with Gasteiger partial charge in [0, 0.05) is 21.1 Å². The van der Waals surface area contributed by atoms with E-state index in [2.05, 4.69) is 6.58 Å². The number of carbonyl (C=O) groups excluding carboxylic acids is 10. The van der Waals surface area contributed by atoms with Crippen molar-refractivity contribution in [1.82, 2.24) is 33.3 Å². The normalized spacial score (nSPS) is 16.2. The number of hydrogen-bond acceptors (Lipinski definition) is 25. The topological polar surface area (TPSA) is 426 Å². The third-order valence-electron chi connectivity index (χ3n) is 15.9. The molecule has 1 aromatic heterocycles. The van der Waals surface area contributed by atoms with Crippen molar-refractivity contribution in [3.63, 3.8) is 0 Å². The Morgan fingerprint density at radius 2 is 0.698 bits per heavy atom. The maximum atomic E-state index is 12.9. The van der Waals surface area contributed by atoms with Gasteiger partial charge < -0.3 is 59.1 Å². The summed E-state index contributed by atoms with van der Waals surface area (Å²) < 4.78 is 32.7. The maximum absolute atomic E-state index is 12.9. The molecule has 3 aromatic rings. The summed E-state index contributed by atoms with van der Waals surface area (Å²) in [5.74, 6) is -5.25. The molecule has 3 heterocycles. The number of aliphatic hydroxyl groups excluding tert-OH is 6. The van der Waals surface area contributed by atoms with Crippen molar-refractivity contribution in [3.8, 4) is 0 Å².